The Morgan fingerprint density at radius 3 is 2.50 bits per heavy atom. The number of tetrazole rings is 1. The first-order valence-corrected chi connectivity index (χ1v) is 11.4. The Morgan fingerprint density at radius 1 is 1.00 bits per heavy atom. The summed E-state index contributed by atoms with van der Waals surface area (Å²) in [6.45, 7) is 2.47. The van der Waals surface area contributed by atoms with Gasteiger partial charge in [-0.1, -0.05) is 67.4 Å². The average molecular weight is 472 g/mol. The van der Waals surface area contributed by atoms with Crippen molar-refractivity contribution in [2.45, 2.75) is 26.3 Å². The number of rotatable bonds is 7. The number of aryl methyl sites for hydroxylation is 1. The van der Waals surface area contributed by atoms with Crippen LogP contribution in [-0.2, 0) is 13.0 Å². The van der Waals surface area contributed by atoms with Crippen molar-refractivity contribution in [2.24, 2.45) is 0 Å². The van der Waals surface area contributed by atoms with Crippen LogP contribution in [0.15, 0.2) is 77.9 Å². The fourth-order valence-corrected chi connectivity index (χ4v) is 4.25. The van der Waals surface area contributed by atoms with Gasteiger partial charge in [-0.25, -0.2) is 9.89 Å². The second-order valence-corrected chi connectivity index (χ2v) is 8.30. The second kappa shape index (κ2) is 9.44. The predicted molar refractivity (Wildman–Crippen MR) is 131 cm³/mol. The van der Waals surface area contributed by atoms with E-state index in [1.165, 1.54) is 0 Å². The van der Waals surface area contributed by atoms with Crippen molar-refractivity contribution in [3.8, 4) is 28.2 Å². The molecule has 5 aromatic rings. The van der Waals surface area contributed by atoms with E-state index in [9.17, 15) is 4.79 Å². The predicted octanol–water partition coefficient (Wildman–Crippen LogP) is 4.54. The molecule has 0 unspecified atom stereocenters. The molecule has 0 atom stereocenters. The molecule has 2 aromatic carbocycles. The number of para-hydroxylation sites is 1. The third kappa shape index (κ3) is 4.15. The summed E-state index contributed by atoms with van der Waals surface area (Å²) in [7, 11) is 0. The highest BCUT2D eigenvalue weighted by Gasteiger charge is 2.15. The van der Waals surface area contributed by atoms with Gasteiger partial charge >= 0.3 is 5.69 Å². The second-order valence-electron chi connectivity index (χ2n) is 7.89. The molecule has 8 nitrogen and oxygen atoms in total. The number of H-pyrrole nitrogens is 1. The van der Waals surface area contributed by atoms with E-state index in [0.717, 1.165) is 40.9 Å². The summed E-state index contributed by atoms with van der Waals surface area (Å²) in [5, 5.41) is 14.7. The number of aromatic amines is 1. The van der Waals surface area contributed by atoms with E-state index in [2.05, 4.69) is 32.5 Å². The highest BCUT2D eigenvalue weighted by atomic mass is 35.5. The standard InChI is InChI=1S/C25H22ClN7O/c1-2-7-19-16-33(23-11-6-5-10-22(23)26)25(34)32(19)15-18-13-12-17(14-27-18)20-8-3-4-9-21(20)24-28-30-31-29-24/h3-6,8-14,16H,2,7,15H2,1H3,(H,28,29,30,31). The number of halogens is 1. The molecule has 1 N–H and O–H groups in total. The van der Waals surface area contributed by atoms with E-state index in [-0.39, 0.29) is 5.69 Å². The largest absolute Gasteiger partial charge is 0.333 e. The molecule has 3 heterocycles. The summed E-state index contributed by atoms with van der Waals surface area (Å²) in [4.78, 5) is 18.0. The summed E-state index contributed by atoms with van der Waals surface area (Å²) in [5.41, 5.74) is 5.07. The number of imidazole rings is 1. The van der Waals surface area contributed by atoms with Crippen LogP contribution in [0.25, 0.3) is 28.2 Å². The Morgan fingerprint density at radius 2 is 1.79 bits per heavy atom. The average Bonchev–Trinajstić information content (AvgIpc) is 3.50. The van der Waals surface area contributed by atoms with Crippen LogP contribution in [0, 0.1) is 0 Å². The van der Waals surface area contributed by atoms with Gasteiger partial charge in [0.15, 0.2) is 5.82 Å². The van der Waals surface area contributed by atoms with Crippen molar-refractivity contribution in [1.29, 1.82) is 0 Å². The molecule has 34 heavy (non-hydrogen) atoms. The topological polar surface area (TPSA) is 94.3 Å². The van der Waals surface area contributed by atoms with Gasteiger partial charge < -0.3 is 0 Å². The first kappa shape index (κ1) is 21.8. The van der Waals surface area contributed by atoms with Crippen molar-refractivity contribution in [2.75, 3.05) is 0 Å². The quantitative estimate of drug-likeness (QED) is 0.376. The monoisotopic (exact) mass is 471 g/mol. The number of nitrogens with zero attached hydrogens (tertiary/aromatic N) is 6. The van der Waals surface area contributed by atoms with Crippen LogP contribution in [0.5, 0.6) is 0 Å². The van der Waals surface area contributed by atoms with E-state index < -0.39 is 0 Å². The molecule has 9 heteroatoms. The van der Waals surface area contributed by atoms with Crippen molar-refractivity contribution in [3.63, 3.8) is 0 Å². The van der Waals surface area contributed by atoms with Gasteiger partial charge in [-0.2, -0.15) is 0 Å². The van der Waals surface area contributed by atoms with Gasteiger partial charge in [0, 0.05) is 29.2 Å². The number of hydrogen-bond acceptors (Lipinski definition) is 5. The molecule has 0 aliphatic heterocycles. The minimum Gasteiger partial charge on any atom is -0.290 e. The molecule has 0 radical (unpaired) electrons. The van der Waals surface area contributed by atoms with Gasteiger partial charge in [0.1, 0.15) is 0 Å². The van der Waals surface area contributed by atoms with Crippen LogP contribution in [0.3, 0.4) is 0 Å². The van der Waals surface area contributed by atoms with E-state index in [0.29, 0.717) is 23.1 Å². The van der Waals surface area contributed by atoms with Crippen LogP contribution >= 0.6 is 11.6 Å². The van der Waals surface area contributed by atoms with Crippen molar-refractivity contribution >= 4 is 11.6 Å². The summed E-state index contributed by atoms with van der Waals surface area (Å²) >= 11 is 6.36. The zero-order valence-corrected chi connectivity index (χ0v) is 19.3. The molecule has 0 bridgehead atoms. The van der Waals surface area contributed by atoms with E-state index in [1.807, 2.05) is 67.0 Å². The summed E-state index contributed by atoms with van der Waals surface area (Å²) < 4.78 is 3.38. The lowest BCUT2D eigenvalue weighted by molar-refractivity contribution is 0.679. The zero-order chi connectivity index (χ0) is 23.5. The van der Waals surface area contributed by atoms with Crippen LogP contribution in [0.2, 0.25) is 5.02 Å². The van der Waals surface area contributed by atoms with Gasteiger partial charge in [-0.3, -0.25) is 14.1 Å². The molecule has 0 fully saturated rings. The van der Waals surface area contributed by atoms with Gasteiger partial charge in [0.2, 0.25) is 0 Å². The molecule has 0 saturated carbocycles. The van der Waals surface area contributed by atoms with Gasteiger partial charge in [0.25, 0.3) is 0 Å². The van der Waals surface area contributed by atoms with Gasteiger partial charge in [-0.05, 0) is 40.6 Å². The molecule has 0 saturated heterocycles. The van der Waals surface area contributed by atoms with E-state index >= 15 is 0 Å². The molecule has 0 spiro atoms. The van der Waals surface area contributed by atoms with Crippen molar-refractivity contribution in [1.82, 2.24) is 34.7 Å². The number of aromatic nitrogens is 7. The lowest BCUT2D eigenvalue weighted by Gasteiger charge is -2.09. The maximum atomic E-state index is 13.3. The lowest BCUT2D eigenvalue weighted by atomic mass is 10.0. The fraction of sp³-hybridized carbons (Fsp3) is 0.160. The van der Waals surface area contributed by atoms with Crippen molar-refractivity contribution in [3.05, 3.63) is 100.0 Å². The maximum absolute atomic E-state index is 13.3. The Labute approximate surface area is 200 Å². The molecule has 5 rings (SSSR count). The third-order valence-corrected chi connectivity index (χ3v) is 5.98. The van der Waals surface area contributed by atoms with E-state index in [1.54, 1.807) is 15.2 Å². The lowest BCUT2D eigenvalue weighted by Crippen LogP contribution is -2.25. The summed E-state index contributed by atoms with van der Waals surface area (Å²) in [6, 6.07) is 19.2. The van der Waals surface area contributed by atoms with Crippen LogP contribution in [0.4, 0.5) is 0 Å². The fourth-order valence-electron chi connectivity index (χ4n) is 4.03. The third-order valence-electron chi connectivity index (χ3n) is 5.66. The molecule has 0 amide bonds. The minimum atomic E-state index is -0.134. The molecule has 3 aromatic heterocycles. The Hall–Kier alpha value is -4.04. The van der Waals surface area contributed by atoms with Crippen molar-refractivity contribution < 1.29 is 0 Å². The first-order chi connectivity index (χ1) is 16.7. The highest BCUT2D eigenvalue weighted by molar-refractivity contribution is 6.32. The van der Waals surface area contributed by atoms with Crippen LogP contribution in [0.1, 0.15) is 24.7 Å². The Kier molecular flexibility index (Phi) is 6.05. The highest BCUT2D eigenvalue weighted by Crippen LogP contribution is 2.29. The SMILES string of the molecule is CCCc1cn(-c2ccccc2Cl)c(=O)n1Cc1ccc(-c2ccccc2-c2nnn[nH]2)cn1. The summed E-state index contributed by atoms with van der Waals surface area (Å²) in [6.07, 6.45) is 5.39. The smallest absolute Gasteiger partial charge is 0.290 e. The van der Waals surface area contributed by atoms with Crippen LogP contribution in [-0.4, -0.2) is 34.7 Å². The molecule has 0 aliphatic rings. The van der Waals surface area contributed by atoms with Gasteiger partial charge in [0.05, 0.1) is 22.9 Å². The number of hydrogen-bond donors (Lipinski definition) is 1. The Bertz CT molecular complexity index is 1470. The number of benzene rings is 2. The minimum absolute atomic E-state index is 0.134. The number of nitrogens with one attached hydrogen (secondary N) is 1. The molecule has 170 valence electrons. The molecule has 0 aliphatic carbocycles. The van der Waals surface area contributed by atoms with E-state index in [4.69, 9.17) is 11.6 Å². The molecular weight excluding hydrogens is 450 g/mol. The first-order valence-electron chi connectivity index (χ1n) is 11.0. The number of pyridine rings is 1. The summed E-state index contributed by atoms with van der Waals surface area (Å²) in [5.74, 6) is 0.594. The Balaban J connectivity index is 1.48. The molecular formula is C25H22ClN7O. The normalized spacial score (nSPS) is 11.1. The van der Waals surface area contributed by atoms with Gasteiger partial charge in [-0.15, -0.1) is 5.10 Å². The zero-order valence-electron chi connectivity index (χ0n) is 18.5. The van der Waals surface area contributed by atoms with Crippen LogP contribution < -0.4 is 5.69 Å². The maximum Gasteiger partial charge on any atom is 0.333 e.